The normalized spacial score (nSPS) is 12.6. The third kappa shape index (κ3) is 5.85. The lowest BCUT2D eigenvalue weighted by molar-refractivity contribution is 0.0597. The summed E-state index contributed by atoms with van der Waals surface area (Å²) in [4.78, 5) is 11.7. The summed E-state index contributed by atoms with van der Waals surface area (Å²) < 4.78 is 36.3. The Morgan fingerprint density at radius 1 is 1.28 bits per heavy atom. The lowest BCUT2D eigenvalue weighted by atomic mass is 10.0. The summed E-state index contributed by atoms with van der Waals surface area (Å²) >= 11 is 0. The Kier molecular flexibility index (Phi) is 9.42. The minimum absolute atomic E-state index is 0. The molecule has 0 saturated heterocycles. The van der Waals surface area contributed by atoms with E-state index < -0.39 is 16.0 Å². The van der Waals surface area contributed by atoms with E-state index in [0.717, 1.165) is 0 Å². The number of esters is 1. The third-order valence-electron chi connectivity index (χ3n) is 3.92. The summed E-state index contributed by atoms with van der Waals surface area (Å²) in [6, 6.07) is 3.99. The first kappa shape index (κ1) is 23.6. The van der Waals surface area contributed by atoms with E-state index in [1.165, 1.54) is 43.8 Å². The van der Waals surface area contributed by atoms with E-state index in [4.69, 9.17) is 10.5 Å². The summed E-state index contributed by atoms with van der Waals surface area (Å²) in [6.45, 7) is 4.30. The molecule has 0 bridgehead atoms. The zero-order valence-electron chi connectivity index (χ0n) is 15.2. The fraction of sp³-hybridized carbons (Fsp3) is 0.562. The van der Waals surface area contributed by atoms with Crippen LogP contribution in [0.3, 0.4) is 0 Å². The maximum absolute atomic E-state index is 12.6. The van der Waals surface area contributed by atoms with Crippen LogP contribution in [-0.2, 0) is 14.8 Å². The first-order chi connectivity index (χ1) is 11.1. The van der Waals surface area contributed by atoms with Gasteiger partial charge in [-0.25, -0.2) is 17.5 Å². The maximum Gasteiger partial charge on any atom is 0.341 e. The Morgan fingerprint density at radius 3 is 2.36 bits per heavy atom. The lowest BCUT2D eigenvalue weighted by Gasteiger charge is -2.21. The highest BCUT2D eigenvalue weighted by molar-refractivity contribution is 7.89. The lowest BCUT2D eigenvalue weighted by Crippen LogP contribution is -2.34. The summed E-state index contributed by atoms with van der Waals surface area (Å²) in [5, 5.41) is 0. The molecular formula is C16H27ClN2O5S. The molecule has 0 saturated carbocycles. The van der Waals surface area contributed by atoms with Crippen molar-refractivity contribution in [2.75, 3.05) is 27.8 Å². The number of halogens is 1. The van der Waals surface area contributed by atoms with Gasteiger partial charge in [0.05, 0.1) is 19.1 Å². The van der Waals surface area contributed by atoms with Crippen LogP contribution in [-0.4, -0.2) is 52.5 Å². The molecule has 25 heavy (non-hydrogen) atoms. The van der Waals surface area contributed by atoms with Crippen molar-refractivity contribution in [3.8, 4) is 5.75 Å². The quantitative estimate of drug-likeness (QED) is 0.676. The number of nitrogens with two attached hydrogens (primary N) is 1. The van der Waals surface area contributed by atoms with Crippen LogP contribution in [0, 0.1) is 5.92 Å². The molecule has 0 amide bonds. The molecular weight excluding hydrogens is 368 g/mol. The molecule has 1 aromatic rings. The molecule has 1 unspecified atom stereocenters. The van der Waals surface area contributed by atoms with Crippen molar-refractivity contribution in [3.63, 3.8) is 0 Å². The zero-order valence-corrected chi connectivity index (χ0v) is 16.8. The standard InChI is InChI=1S/C16H26N2O5S.ClH/c1-11(2)14(17)8-9-18(3)24(20,21)12-6-7-13(16(19)23-5)15(10-12)22-4;/h6-7,10-11,14H,8-9,17H2,1-5H3;1H. The van der Waals surface area contributed by atoms with Crippen LogP contribution in [0.25, 0.3) is 0 Å². The summed E-state index contributed by atoms with van der Waals surface area (Å²) in [5.41, 5.74) is 6.14. The average Bonchev–Trinajstić information content (AvgIpc) is 2.57. The number of hydrogen-bond acceptors (Lipinski definition) is 6. The smallest absolute Gasteiger partial charge is 0.341 e. The van der Waals surface area contributed by atoms with Crippen molar-refractivity contribution in [1.82, 2.24) is 4.31 Å². The van der Waals surface area contributed by atoms with Gasteiger partial charge in [-0.3, -0.25) is 0 Å². The summed E-state index contributed by atoms with van der Waals surface area (Å²) in [6.07, 6.45) is 0.560. The van der Waals surface area contributed by atoms with Crippen molar-refractivity contribution in [2.45, 2.75) is 31.2 Å². The molecule has 0 aliphatic carbocycles. The topological polar surface area (TPSA) is 98.9 Å². The van der Waals surface area contributed by atoms with Gasteiger partial charge < -0.3 is 15.2 Å². The largest absolute Gasteiger partial charge is 0.496 e. The van der Waals surface area contributed by atoms with Crippen LogP contribution in [0.15, 0.2) is 23.1 Å². The molecule has 0 radical (unpaired) electrons. The van der Waals surface area contributed by atoms with Crippen LogP contribution >= 0.6 is 12.4 Å². The SMILES string of the molecule is COC(=O)c1ccc(S(=O)(=O)N(C)CCC(N)C(C)C)cc1OC.Cl. The number of carbonyl (C=O) groups excluding carboxylic acids is 1. The Balaban J connectivity index is 0.00000576. The molecule has 7 nitrogen and oxygen atoms in total. The number of sulfonamides is 1. The molecule has 0 fully saturated rings. The van der Waals surface area contributed by atoms with Crippen LogP contribution < -0.4 is 10.5 Å². The highest BCUT2D eigenvalue weighted by Gasteiger charge is 2.24. The molecule has 144 valence electrons. The zero-order chi connectivity index (χ0) is 18.5. The fourth-order valence-electron chi connectivity index (χ4n) is 2.07. The molecule has 0 aromatic heterocycles. The number of carbonyl (C=O) groups is 1. The minimum Gasteiger partial charge on any atom is -0.496 e. The average molecular weight is 395 g/mol. The molecule has 0 aliphatic rings. The van der Waals surface area contributed by atoms with Crippen molar-refractivity contribution in [3.05, 3.63) is 23.8 Å². The van der Waals surface area contributed by atoms with E-state index >= 15 is 0 Å². The third-order valence-corrected chi connectivity index (χ3v) is 5.77. The Hall–Kier alpha value is -1.35. The fourth-order valence-corrected chi connectivity index (χ4v) is 3.28. The van der Waals surface area contributed by atoms with E-state index in [2.05, 4.69) is 4.74 Å². The van der Waals surface area contributed by atoms with Crippen LogP contribution in [0.2, 0.25) is 0 Å². The molecule has 1 aromatic carbocycles. The minimum atomic E-state index is -3.70. The molecule has 1 rings (SSSR count). The number of benzene rings is 1. The van der Waals surface area contributed by atoms with Gasteiger partial charge in [-0.2, -0.15) is 0 Å². The first-order valence-electron chi connectivity index (χ1n) is 7.63. The van der Waals surface area contributed by atoms with E-state index in [9.17, 15) is 13.2 Å². The second-order valence-corrected chi connectivity index (χ2v) is 7.92. The molecule has 2 N–H and O–H groups in total. The Morgan fingerprint density at radius 2 is 1.88 bits per heavy atom. The summed E-state index contributed by atoms with van der Waals surface area (Å²) in [5.74, 6) is -0.164. The van der Waals surface area contributed by atoms with Crippen LogP contribution in [0.4, 0.5) is 0 Å². The van der Waals surface area contributed by atoms with Gasteiger partial charge in [-0.05, 0) is 24.5 Å². The molecule has 0 aliphatic heterocycles. The van der Waals surface area contributed by atoms with Crippen LogP contribution in [0.5, 0.6) is 5.75 Å². The number of nitrogens with zero attached hydrogens (tertiary/aromatic N) is 1. The van der Waals surface area contributed by atoms with Gasteiger partial charge in [0.25, 0.3) is 0 Å². The predicted octanol–water partition coefficient (Wildman–Crippen LogP) is 1.90. The van der Waals surface area contributed by atoms with E-state index in [1.54, 1.807) is 0 Å². The van der Waals surface area contributed by atoms with Gasteiger partial charge in [0.2, 0.25) is 10.0 Å². The Bertz CT molecular complexity index is 679. The predicted molar refractivity (Wildman–Crippen MR) is 98.8 cm³/mol. The number of rotatable bonds is 8. The van der Waals surface area contributed by atoms with E-state index in [1.807, 2.05) is 13.8 Å². The van der Waals surface area contributed by atoms with Gasteiger partial charge in [0.15, 0.2) is 0 Å². The monoisotopic (exact) mass is 394 g/mol. The van der Waals surface area contributed by atoms with E-state index in [0.29, 0.717) is 13.0 Å². The second kappa shape index (κ2) is 9.96. The molecule has 9 heteroatoms. The molecule has 0 spiro atoms. The Labute approximate surface area is 155 Å². The van der Waals surface area contributed by atoms with Crippen LogP contribution in [0.1, 0.15) is 30.6 Å². The number of hydrogen-bond donors (Lipinski definition) is 1. The van der Waals surface area contributed by atoms with Crippen molar-refractivity contribution < 1.29 is 22.7 Å². The van der Waals surface area contributed by atoms with Gasteiger partial charge in [-0.1, -0.05) is 13.8 Å². The van der Waals surface area contributed by atoms with E-state index in [-0.39, 0.29) is 40.6 Å². The highest BCUT2D eigenvalue weighted by atomic mass is 35.5. The number of methoxy groups -OCH3 is 2. The van der Waals surface area contributed by atoms with Crippen molar-refractivity contribution >= 4 is 28.4 Å². The highest BCUT2D eigenvalue weighted by Crippen LogP contribution is 2.25. The van der Waals surface area contributed by atoms with Crippen molar-refractivity contribution in [1.29, 1.82) is 0 Å². The van der Waals surface area contributed by atoms with Gasteiger partial charge in [-0.15, -0.1) is 12.4 Å². The maximum atomic E-state index is 12.6. The van der Waals surface area contributed by atoms with Gasteiger partial charge in [0, 0.05) is 25.7 Å². The van der Waals surface area contributed by atoms with Gasteiger partial charge in [0.1, 0.15) is 11.3 Å². The number of ether oxygens (including phenoxy) is 2. The summed E-state index contributed by atoms with van der Waals surface area (Å²) in [7, 11) is 0.419. The van der Waals surface area contributed by atoms with Gasteiger partial charge >= 0.3 is 5.97 Å². The second-order valence-electron chi connectivity index (χ2n) is 5.88. The molecule has 1 atom stereocenters. The first-order valence-corrected chi connectivity index (χ1v) is 9.07. The van der Waals surface area contributed by atoms with Crippen molar-refractivity contribution in [2.24, 2.45) is 11.7 Å². The molecule has 0 heterocycles.